The van der Waals surface area contributed by atoms with Gasteiger partial charge in [0.25, 0.3) is 0 Å². The van der Waals surface area contributed by atoms with Crippen LogP contribution in [0.25, 0.3) is 4.65 Å². The molecule has 0 amide bonds. The van der Waals surface area contributed by atoms with E-state index in [0.717, 1.165) is 35.5 Å². The van der Waals surface area contributed by atoms with Gasteiger partial charge in [-0.1, -0.05) is 187 Å². The predicted molar refractivity (Wildman–Crippen MR) is 243 cm³/mol. The molecule has 0 spiro atoms. The molecule has 4 heteroatoms. The Hall–Kier alpha value is 0.158. The van der Waals surface area contributed by atoms with E-state index in [1.54, 1.807) is 11.1 Å². The Morgan fingerprint density at radius 3 is 1.15 bits per heavy atom. The van der Waals surface area contributed by atoms with Crippen molar-refractivity contribution in [2.24, 2.45) is 23.7 Å². The minimum atomic E-state index is -0.542. The largest absolute Gasteiger partial charge is 3.00 e. The maximum atomic E-state index is 4.56. The molecule has 1 radical (unpaired) electrons. The Morgan fingerprint density at radius 1 is 0.472 bits per heavy atom. The Bertz CT molecular complexity index is 1320. The molecule has 4 saturated carbocycles. The first-order chi connectivity index (χ1) is 23.2. The molecule has 0 saturated heterocycles. The van der Waals surface area contributed by atoms with E-state index in [-0.39, 0.29) is 71.0 Å². The molecule has 4 aliphatic carbocycles. The molecule has 53 heavy (non-hydrogen) atoms. The van der Waals surface area contributed by atoms with Crippen LogP contribution in [0, 0.1) is 85.4 Å². The molecule has 4 aliphatic rings. The van der Waals surface area contributed by atoms with Crippen LogP contribution in [0.1, 0.15) is 185 Å². The second-order valence-electron chi connectivity index (χ2n) is 20.8. The quantitative estimate of drug-likeness (QED) is 0.214. The van der Waals surface area contributed by atoms with Crippen molar-refractivity contribution in [2.45, 2.75) is 201 Å². The third-order valence-corrected chi connectivity index (χ3v) is 17.5. The van der Waals surface area contributed by atoms with Crippen LogP contribution < -0.4 is 0 Å². The van der Waals surface area contributed by atoms with Crippen molar-refractivity contribution in [3.8, 4) is 0 Å². The fourth-order valence-electron chi connectivity index (χ4n) is 10.1. The van der Waals surface area contributed by atoms with Crippen molar-refractivity contribution in [3.63, 3.8) is 0 Å². The fourth-order valence-corrected chi connectivity index (χ4v) is 14.9. The van der Waals surface area contributed by atoms with Crippen molar-refractivity contribution >= 4 is 17.9 Å². The normalized spacial score (nSPS) is 25.4. The van der Waals surface area contributed by atoms with Crippen LogP contribution in [-0.4, -0.2) is 17.9 Å². The molecule has 0 N–H and O–H groups in total. The molecule has 2 aromatic carbocycles. The molecular weight excluding hydrogens is 816 g/mol. The first kappa shape index (κ1) is 51.2. The van der Waals surface area contributed by atoms with Gasteiger partial charge in [-0.25, -0.2) is 0 Å². The van der Waals surface area contributed by atoms with Gasteiger partial charge in [-0.3, -0.25) is 0 Å². The first-order valence-electron chi connectivity index (χ1n) is 21.2. The fraction of sp³-hybridized carbons (Fsp3) is 0.714. The summed E-state index contributed by atoms with van der Waals surface area (Å²) in [4.78, 5) is 0. The van der Waals surface area contributed by atoms with E-state index in [1.165, 1.54) is 99.3 Å². The van der Waals surface area contributed by atoms with Crippen molar-refractivity contribution in [3.05, 3.63) is 89.3 Å². The van der Waals surface area contributed by atoms with E-state index >= 15 is 0 Å². The monoisotopic (exact) mass is 903 g/mol. The molecule has 6 atom stereocenters. The number of fused-ring (bicyclic) bond motifs is 2. The van der Waals surface area contributed by atoms with Crippen LogP contribution in [0.4, 0.5) is 0 Å². The standard InChI is InChI=1S/C23H36.C20H30.C4H14NSi2.2CH3.Gd/c1-22(2,3)18-13-17(14-19(15-18)23(4,5)6)21-12-11-16-9-7-8-10-20(16)21;1-14-11-16(13-17(12-14)20(2,3)4)19-10-9-15-7-5-6-8-18(15)19;1-6(2)5-7(3)4;;;/h13-16,20-21H,7-12H2,1-6H3;11-13,15,18-19H,5-10H2,1-4H3;6-7H,1-4H3;2*1H3;/q;;3*-1;+3. The Morgan fingerprint density at radius 2 is 0.811 bits per heavy atom. The minimum absolute atomic E-state index is 0. The number of hydrogen-bond donors (Lipinski definition) is 0. The van der Waals surface area contributed by atoms with Gasteiger partial charge in [0.15, 0.2) is 0 Å². The third kappa shape index (κ3) is 14.8. The SMILES string of the molecule is CC(C)(C)c1cc(C2CCC3CCCCC32)cc(C(C)(C)C)c1.C[SiH](C)[N-][SiH](C)C.Cc1cc(C2CCC3CCCCC32)cc(C(C)(C)C)c1.[CH3-].[CH3-].[Gd+3]. The van der Waals surface area contributed by atoms with E-state index in [4.69, 9.17) is 0 Å². The van der Waals surface area contributed by atoms with E-state index in [0.29, 0.717) is 0 Å². The van der Waals surface area contributed by atoms with Gasteiger partial charge in [-0.2, -0.15) is 0 Å². The van der Waals surface area contributed by atoms with E-state index in [2.05, 4.69) is 136 Å². The van der Waals surface area contributed by atoms with Gasteiger partial charge >= 0.3 is 39.9 Å². The van der Waals surface area contributed by atoms with E-state index < -0.39 is 17.9 Å². The summed E-state index contributed by atoms with van der Waals surface area (Å²) >= 11 is 0. The summed E-state index contributed by atoms with van der Waals surface area (Å²) < 4.78 is 4.56. The Balaban J connectivity index is 0.000000432. The molecule has 0 heterocycles. The Labute approximate surface area is 368 Å². The van der Waals surface area contributed by atoms with Gasteiger partial charge in [0.05, 0.1) is 0 Å². The van der Waals surface area contributed by atoms with E-state index in [1.807, 2.05) is 0 Å². The van der Waals surface area contributed by atoms with Gasteiger partial charge in [-0.05, 0) is 125 Å². The predicted octanol–water partition coefficient (Wildman–Crippen LogP) is 15.2. The molecule has 2 aromatic rings. The number of benzene rings is 2. The summed E-state index contributed by atoms with van der Waals surface area (Å²) in [5, 5.41) is 0. The van der Waals surface area contributed by atoms with Crippen molar-refractivity contribution in [1.29, 1.82) is 0 Å². The van der Waals surface area contributed by atoms with Crippen LogP contribution >= 0.6 is 0 Å². The van der Waals surface area contributed by atoms with Crippen molar-refractivity contribution in [2.75, 3.05) is 0 Å². The maximum Gasteiger partial charge on any atom is 3.00 e. The third-order valence-electron chi connectivity index (χ3n) is 12.8. The topological polar surface area (TPSA) is 14.1 Å². The molecule has 4 fully saturated rings. The molecule has 0 bridgehead atoms. The second-order valence-corrected chi connectivity index (χ2v) is 26.4. The summed E-state index contributed by atoms with van der Waals surface area (Å²) in [6, 6.07) is 15.0. The number of aryl methyl sites for hydroxylation is 1. The van der Waals surface area contributed by atoms with Gasteiger partial charge in [0.2, 0.25) is 0 Å². The van der Waals surface area contributed by atoms with Crippen LogP contribution in [-0.2, 0) is 16.2 Å². The zero-order valence-corrected chi connectivity index (χ0v) is 42.4. The molecular formula is C49H86GdNSi2. The molecule has 0 aliphatic heterocycles. The van der Waals surface area contributed by atoms with Crippen LogP contribution in [0.15, 0.2) is 36.4 Å². The molecule has 6 rings (SSSR count). The summed E-state index contributed by atoms with van der Waals surface area (Å²) in [7, 11) is -1.08. The maximum absolute atomic E-state index is 4.56. The number of nitrogens with zero attached hydrogens (tertiary/aromatic N) is 1. The molecule has 1 nitrogen and oxygen atoms in total. The summed E-state index contributed by atoms with van der Waals surface area (Å²) in [5.41, 5.74) is 10.1. The zero-order valence-electron chi connectivity index (χ0n) is 37.9. The van der Waals surface area contributed by atoms with Crippen LogP contribution in [0.2, 0.25) is 26.2 Å². The summed E-state index contributed by atoms with van der Waals surface area (Å²) in [5.74, 6) is 5.67. The van der Waals surface area contributed by atoms with Gasteiger partial charge < -0.3 is 19.5 Å². The Kier molecular flexibility index (Phi) is 21.0. The van der Waals surface area contributed by atoms with Gasteiger partial charge in [-0.15, -0.1) is 0 Å². The van der Waals surface area contributed by atoms with Crippen molar-refractivity contribution < 1.29 is 39.9 Å². The zero-order chi connectivity index (χ0) is 37.0. The summed E-state index contributed by atoms with van der Waals surface area (Å²) in [6.07, 6.45) is 17.6. The average Bonchev–Trinajstić information content (AvgIpc) is 3.64. The molecule has 303 valence electrons. The van der Waals surface area contributed by atoms with Crippen molar-refractivity contribution in [1.82, 2.24) is 0 Å². The van der Waals surface area contributed by atoms with Gasteiger partial charge in [0.1, 0.15) is 0 Å². The van der Waals surface area contributed by atoms with E-state index in [9.17, 15) is 0 Å². The van der Waals surface area contributed by atoms with Crippen LogP contribution in [0.3, 0.4) is 0 Å². The van der Waals surface area contributed by atoms with Crippen LogP contribution in [0.5, 0.6) is 0 Å². The minimum Gasteiger partial charge on any atom is -0.672 e. The van der Waals surface area contributed by atoms with Gasteiger partial charge in [0, 0.05) is 0 Å². The average molecular weight is 903 g/mol. The second kappa shape index (κ2) is 21.8. The first-order valence-corrected chi connectivity index (χ1v) is 26.9. The molecule has 6 unspecified atom stereocenters. The smallest absolute Gasteiger partial charge is 0.672 e. The number of rotatable bonds is 4. The molecule has 0 aromatic heterocycles. The summed E-state index contributed by atoms with van der Waals surface area (Å²) in [6.45, 7) is 32.5. The number of hydrogen-bond acceptors (Lipinski definition) is 0.